The van der Waals surface area contributed by atoms with Gasteiger partial charge in [-0.25, -0.2) is 4.68 Å². The van der Waals surface area contributed by atoms with Crippen LogP contribution in [0.3, 0.4) is 0 Å². The summed E-state index contributed by atoms with van der Waals surface area (Å²) in [5.74, 6) is 1.33. The first-order valence-corrected chi connectivity index (χ1v) is 7.63. The first-order chi connectivity index (χ1) is 9.22. The Kier molecular flexibility index (Phi) is 3.61. The third kappa shape index (κ3) is 3.19. The lowest BCUT2D eigenvalue weighted by Crippen LogP contribution is -2.18. The molecule has 1 aliphatic rings. The third-order valence-corrected chi connectivity index (χ3v) is 4.00. The van der Waals surface area contributed by atoms with Crippen LogP contribution < -0.4 is 5.32 Å². The van der Waals surface area contributed by atoms with Gasteiger partial charge >= 0.3 is 0 Å². The van der Waals surface area contributed by atoms with Gasteiger partial charge in [0.05, 0.1) is 5.69 Å². The van der Waals surface area contributed by atoms with E-state index in [1.54, 1.807) is 11.3 Å². The minimum Gasteiger partial charge on any atom is -0.310 e. The molecule has 1 fully saturated rings. The van der Waals surface area contributed by atoms with Gasteiger partial charge in [-0.05, 0) is 31.4 Å². The van der Waals surface area contributed by atoms with E-state index in [2.05, 4.69) is 40.5 Å². The Bertz CT molecular complexity index is 541. The summed E-state index contributed by atoms with van der Waals surface area (Å²) in [4.78, 5) is 0. The molecule has 2 aromatic heterocycles. The zero-order chi connectivity index (χ0) is 13.2. The molecule has 0 unspecified atom stereocenters. The van der Waals surface area contributed by atoms with Crippen molar-refractivity contribution in [3.05, 3.63) is 23.0 Å². The fourth-order valence-corrected chi connectivity index (χ4v) is 2.66. The lowest BCUT2D eigenvalue weighted by atomic mass is 10.2. The van der Waals surface area contributed by atoms with E-state index in [0.717, 1.165) is 23.2 Å². The third-order valence-electron chi connectivity index (χ3n) is 3.09. The number of hydrogen-bond donors (Lipinski definition) is 1. The summed E-state index contributed by atoms with van der Waals surface area (Å²) < 4.78 is 1.84. The monoisotopic (exact) mass is 277 g/mol. The predicted octanol–water partition coefficient (Wildman–Crippen LogP) is 2.35. The van der Waals surface area contributed by atoms with E-state index >= 15 is 0 Å². The van der Waals surface area contributed by atoms with E-state index in [4.69, 9.17) is 0 Å². The average Bonchev–Trinajstić information content (AvgIpc) is 2.92. The van der Waals surface area contributed by atoms with Crippen LogP contribution in [0.5, 0.6) is 0 Å². The summed E-state index contributed by atoms with van der Waals surface area (Å²) in [6.07, 6.45) is 4.54. The van der Waals surface area contributed by atoms with E-state index in [1.165, 1.54) is 18.5 Å². The first kappa shape index (κ1) is 12.7. The van der Waals surface area contributed by atoms with Crippen molar-refractivity contribution in [3.63, 3.8) is 0 Å². The van der Waals surface area contributed by atoms with Crippen molar-refractivity contribution in [2.45, 2.75) is 39.2 Å². The van der Waals surface area contributed by atoms with Crippen LogP contribution in [0.1, 0.15) is 43.3 Å². The second-order valence-corrected chi connectivity index (χ2v) is 6.50. The second-order valence-electron chi connectivity index (χ2n) is 5.46. The molecule has 102 valence electrons. The quantitative estimate of drug-likeness (QED) is 0.880. The summed E-state index contributed by atoms with van der Waals surface area (Å²) in [6, 6.07) is 2.09. The van der Waals surface area contributed by atoms with Gasteiger partial charge in [-0.2, -0.15) is 5.10 Å². The summed E-state index contributed by atoms with van der Waals surface area (Å²) in [6.45, 7) is 6.18. The maximum atomic E-state index is 4.57. The SMILES string of the molecule is CC(C)CNCc1nnc(-n2ccc(C3CC3)n2)s1. The van der Waals surface area contributed by atoms with E-state index in [1.807, 2.05) is 10.9 Å². The first-order valence-electron chi connectivity index (χ1n) is 6.81. The Balaban J connectivity index is 1.62. The molecular formula is C13H19N5S. The van der Waals surface area contributed by atoms with Crippen molar-refractivity contribution in [3.8, 4) is 5.13 Å². The van der Waals surface area contributed by atoms with Crippen LogP contribution in [-0.4, -0.2) is 26.5 Å². The number of nitrogens with zero attached hydrogens (tertiary/aromatic N) is 4. The van der Waals surface area contributed by atoms with Crippen molar-refractivity contribution >= 4 is 11.3 Å². The maximum absolute atomic E-state index is 4.57. The average molecular weight is 277 g/mol. The molecule has 6 heteroatoms. The normalized spacial score (nSPS) is 15.3. The summed E-state index contributed by atoms with van der Waals surface area (Å²) in [5, 5.41) is 18.2. The Morgan fingerprint density at radius 3 is 3.00 bits per heavy atom. The number of nitrogens with one attached hydrogen (secondary N) is 1. The van der Waals surface area contributed by atoms with Crippen LogP contribution in [0.25, 0.3) is 5.13 Å². The zero-order valence-electron chi connectivity index (χ0n) is 11.3. The Morgan fingerprint density at radius 1 is 1.42 bits per heavy atom. The fraction of sp³-hybridized carbons (Fsp3) is 0.615. The van der Waals surface area contributed by atoms with Gasteiger partial charge < -0.3 is 5.32 Å². The molecule has 3 rings (SSSR count). The number of hydrogen-bond acceptors (Lipinski definition) is 5. The highest BCUT2D eigenvalue weighted by Gasteiger charge is 2.26. The van der Waals surface area contributed by atoms with E-state index in [9.17, 15) is 0 Å². The van der Waals surface area contributed by atoms with Crippen LogP contribution in [-0.2, 0) is 6.54 Å². The van der Waals surface area contributed by atoms with Gasteiger partial charge in [-0.15, -0.1) is 10.2 Å². The van der Waals surface area contributed by atoms with Gasteiger partial charge in [0.1, 0.15) is 5.01 Å². The summed E-state index contributed by atoms with van der Waals surface area (Å²) >= 11 is 1.60. The Labute approximate surface area is 117 Å². The molecule has 1 saturated carbocycles. The van der Waals surface area contributed by atoms with E-state index in [0.29, 0.717) is 11.8 Å². The van der Waals surface area contributed by atoms with Gasteiger partial charge in [0, 0.05) is 18.7 Å². The minimum absolute atomic E-state index is 0.652. The van der Waals surface area contributed by atoms with Crippen molar-refractivity contribution in [1.82, 2.24) is 25.3 Å². The van der Waals surface area contributed by atoms with Gasteiger partial charge in [0.2, 0.25) is 5.13 Å². The molecule has 0 aromatic carbocycles. The van der Waals surface area contributed by atoms with Crippen LogP contribution in [0.15, 0.2) is 12.3 Å². The molecule has 1 aliphatic carbocycles. The number of rotatable bonds is 6. The lowest BCUT2D eigenvalue weighted by Gasteiger charge is -2.03. The topological polar surface area (TPSA) is 55.6 Å². The second kappa shape index (κ2) is 5.38. The number of aromatic nitrogens is 4. The minimum atomic E-state index is 0.652. The van der Waals surface area contributed by atoms with Crippen molar-refractivity contribution < 1.29 is 0 Å². The molecule has 0 spiro atoms. The standard InChI is InChI=1S/C13H19N5S/c1-9(2)7-14-8-12-15-16-13(19-12)18-6-5-11(17-18)10-3-4-10/h5-6,9-10,14H,3-4,7-8H2,1-2H3. The van der Waals surface area contributed by atoms with Crippen LogP contribution in [0.4, 0.5) is 0 Å². The van der Waals surface area contributed by atoms with Crippen molar-refractivity contribution in [2.75, 3.05) is 6.54 Å². The highest BCUT2D eigenvalue weighted by molar-refractivity contribution is 7.13. The van der Waals surface area contributed by atoms with Crippen LogP contribution in [0, 0.1) is 5.92 Å². The highest BCUT2D eigenvalue weighted by Crippen LogP contribution is 2.39. The maximum Gasteiger partial charge on any atom is 0.232 e. The molecule has 1 N–H and O–H groups in total. The molecule has 19 heavy (non-hydrogen) atoms. The van der Waals surface area contributed by atoms with Gasteiger partial charge in [-0.1, -0.05) is 25.2 Å². The molecular weight excluding hydrogens is 258 g/mol. The molecule has 5 nitrogen and oxygen atoms in total. The Hall–Kier alpha value is -1.27. The molecule has 0 amide bonds. The van der Waals surface area contributed by atoms with Gasteiger partial charge in [-0.3, -0.25) is 0 Å². The summed E-state index contributed by atoms with van der Waals surface area (Å²) in [7, 11) is 0. The smallest absolute Gasteiger partial charge is 0.232 e. The molecule has 0 aliphatic heterocycles. The molecule has 0 radical (unpaired) electrons. The lowest BCUT2D eigenvalue weighted by molar-refractivity contribution is 0.550. The molecule has 2 heterocycles. The van der Waals surface area contributed by atoms with E-state index in [-0.39, 0.29) is 0 Å². The summed E-state index contributed by atoms with van der Waals surface area (Å²) in [5.41, 5.74) is 1.19. The van der Waals surface area contributed by atoms with Gasteiger partial charge in [0.15, 0.2) is 0 Å². The molecule has 0 bridgehead atoms. The molecule has 2 aromatic rings. The van der Waals surface area contributed by atoms with Crippen LogP contribution >= 0.6 is 11.3 Å². The predicted molar refractivity (Wildman–Crippen MR) is 75.6 cm³/mol. The van der Waals surface area contributed by atoms with Crippen LogP contribution in [0.2, 0.25) is 0 Å². The largest absolute Gasteiger partial charge is 0.310 e. The van der Waals surface area contributed by atoms with E-state index < -0.39 is 0 Å². The van der Waals surface area contributed by atoms with Crippen molar-refractivity contribution in [2.24, 2.45) is 5.92 Å². The zero-order valence-corrected chi connectivity index (χ0v) is 12.2. The Morgan fingerprint density at radius 2 is 2.26 bits per heavy atom. The molecule has 0 atom stereocenters. The highest BCUT2D eigenvalue weighted by atomic mass is 32.1. The fourth-order valence-electron chi connectivity index (χ4n) is 1.92. The molecule has 0 saturated heterocycles. The van der Waals surface area contributed by atoms with Crippen molar-refractivity contribution in [1.29, 1.82) is 0 Å². The van der Waals surface area contributed by atoms with Gasteiger partial charge in [0.25, 0.3) is 0 Å².